The largest absolute Gasteiger partial charge is 0.306 e. The molecule has 1 fully saturated rings. The molecule has 1 heterocycles. The van der Waals surface area contributed by atoms with E-state index in [0.29, 0.717) is 5.92 Å². The van der Waals surface area contributed by atoms with Gasteiger partial charge in [0.2, 0.25) is 0 Å². The molecule has 0 saturated carbocycles. The summed E-state index contributed by atoms with van der Waals surface area (Å²) in [6.45, 7) is 6.13. The highest BCUT2D eigenvalue weighted by Crippen LogP contribution is 2.22. The van der Waals surface area contributed by atoms with Gasteiger partial charge in [0.25, 0.3) is 0 Å². The Morgan fingerprint density at radius 2 is 2.07 bits per heavy atom. The first-order valence-electron chi connectivity index (χ1n) is 5.21. The molecule has 1 aliphatic rings. The van der Waals surface area contributed by atoms with E-state index in [9.17, 15) is 0 Å². The summed E-state index contributed by atoms with van der Waals surface area (Å²) in [4.78, 5) is 6.47. The highest BCUT2D eigenvalue weighted by Gasteiger charge is 2.18. The second kappa shape index (κ2) is 5.76. The maximum absolute atomic E-state index is 4.09. The van der Waals surface area contributed by atoms with Gasteiger partial charge in [-0.15, -0.1) is 0 Å². The summed E-state index contributed by atoms with van der Waals surface area (Å²) in [5, 5.41) is 0. The molecular formula is C12H20N2. The van der Waals surface area contributed by atoms with Gasteiger partial charge in [0.1, 0.15) is 0 Å². The highest BCUT2D eigenvalue weighted by molar-refractivity contribution is 5.79. The standard InChI is InChI=1S/C12H20N2/c1-4-5-12(10-13-2)11-6-8-14(3)9-7-11/h4-5,10-11H,1,6-9H2,2-3H3/b12-5+,13-10?. The third kappa shape index (κ3) is 3.11. The molecule has 14 heavy (non-hydrogen) atoms. The molecule has 2 nitrogen and oxygen atoms in total. The highest BCUT2D eigenvalue weighted by atomic mass is 15.1. The van der Waals surface area contributed by atoms with Gasteiger partial charge < -0.3 is 4.90 Å². The van der Waals surface area contributed by atoms with Crippen LogP contribution in [0.25, 0.3) is 0 Å². The quantitative estimate of drug-likeness (QED) is 0.494. The van der Waals surface area contributed by atoms with E-state index >= 15 is 0 Å². The number of aliphatic imine (C=N–C) groups is 1. The molecule has 0 amide bonds. The Bertz CT molecular complexity index is 233. The van der Waals surface area contributed by atoms with Gasteiger partial charge in [-0.2, -0.15) is 0 Å². The van der Waals surface area contributed by atoms with E-state index in [1.165, 1.54) is 31.5 Å². The topological polar surface area (TPSA) is 15.6 Å². The van der Waals surface area contributed by atoms with Crippen LogP contribution in [0.5, 0.6) is 0 Å². The lowest BCUT2D eigenvalue weighted by Gasteiger charge is -2.29. The van der Waals surface area contributed by atoms with Crippen molar-refractivity contribution in [1.29, 1.82) is 0 Å². The van der Waals surface area contributed by atoms with Crippen LogP contribution in [0.3, 0.4) is 0 Å². The molecule has 0 radical (unpaired) electrons. The summed E-state index contributed by atoms with van der Waals surface area (Å²) in [6.07, 6.45) is 8.39. The normalized spacial score (nSPS) is 21.7. The fourth-order valence-electron chi connectivity index (χ4n) is 1.91. The molecule has 0 aliphatic carbocycles. The van der Waals surface area contributed by atoms with Crippen LogP contribution >= 0.6 is 0 Å². The molecule has 0 spiro atoms. The van der Waals surface area contributed by atoms with Crippen LogP contribution in [0.4, 0.5) is 0 Å². The van der Waals surface area contributed by atoms with Crippen molar-refractivity contribution < 1.29 is 0 Å². The van der Waals surface area contributed by atoms with Crippen molar-refractivity contribution >= 4 is 6.21 Å². The first kappa shape index (κ1) is 11.2. The van der Waals surface area contributed by atoms with Crippen molar-refractivity contribution in [1.82, 2.24) is 4.90 Å². The molecular weight excluding hydrogens is 172 g/mol. The van der Waals surface area contributed by atoms with Gasteiger partial charge in [0, 0.05) is 13.3 Å². The molecule has 78 valence electrons. The Balaban J connectivity index is 2.61. The van der Waals surface area contributed by atoms with E-state index in [0.717, 1.165) is 0 Å². The van der Waals surface area contributed by atoms with Gasteiger partial charge in [0.05, 0.1) is 0 Å². The molecule has 1 aliphatic heterocycles. The van der Waals surface area contributed by atoms with Gasteiger partial charge in [-0.05, 0) is 44.5 Å². The molecule has 0 N–H and O–H groups in total. The van der Waals surface area contributed by atoms with Crippen LogP contribution in [0.2, 0.25) is 0 Å². The summed E-state index contributed by atoms with van der Waals surface area (Å²) in [7, 11) is 4.01. The van der Waals surface area contributed by atoms with Crippen molar-refractivity contribution in [3.63, 3.8) is 0 Å². The molecule has 0 aromatic rings. The van der Waals surface area contributed by atoms with Crippen LogP contribution in [-0.2, 0) is 0 Å². The first-order chi connectivity index (χ1) is 6.77. The van der Waals surface area contributed by atoms with E-state index in [1.807, 2.05) is 19.3 Å². The molecule has 1 rings (SSSR count). The van der Waals surface area contributed by atoms with Crippen molar-refractivity contribution in [3.05, 3.63) is 24.3 Å². The average molecular weight is 192 g/mol. The summed E-state index contributed by atoms with van der Waals surface area (Å²) < 4.78 is 0. The lowest BCUT2D eigenvalue weighted by Crippen LogP contribution is -2.31. The molecule has 0 aromatic heterocycles. The van der Waals surface area contributed by atoms with Crippen molar-refractivity contribution in [3.8, 4) is 0 Å². The van der Waals surface area contributed by atoms with Crippen LogP contribution < -0.4 is 0 Å². The minimum Gasteiger partial charge on any atom is -0.306 e. The van der Waals surface area contributed by atoms with E-state index in [-0.39, 0.29) is 0 Å². The number of hydrogen-bond donors (Lipinski definition) is 0. The number of hydrogen-bond acceptors (Lipinski definition) is 2. The Hall–Kier alpha value is -0.890. The van der Waals surface area contributed by atoms with E-state index in [4.69, 9.17) is 0 Å². The summed E-state index contributed by atoms with van der Waals surface area (Å²) in [6, 6.07) is 0. The maximum atomic E-state index is 4.09. The van der Waals surface area contributed by atoms with Crippen LogP contribution in [0.1, 0.15) is 12.8 Å². The first-order valence-corrected chi connectivity index (χ1v) is 5.21. The van der Waals surface area contributed by atoms with E-state index in [1.54, 1.807) is 0 Å². The van der Waals surface area contributed by atoms with Gasteiger partial charge in [-0.25, -0.2) is 0 Å². The number of piperidine rings is 1. The van der Waals surface area contributed by atoms with Crippen LogP contribution in [0.15, 0.2) is 29.3 Å². The predicted molar refractivity (Wildman–Crippen MR) is 62.9 cm³/mol. The SMILES string of the molecule is C=C/C=C(\C=NC)C1CCN(C)CC1. The van der Waals surface area contributed by atoms with Crippen LogP contribution in [-0.4, -0.2) is 38.3 Å². The molecule has 2 heteroatoms. The minimum absolute atomic E-state index is 0.674. The third-order valence-electron chi connectivity index (χ3n) is 2.78. The van der Waals surface area contributed by atoms with E-state index in [2.05, 4.69) is 29.6 Å². The zero-order valence-electron chi connectivity index (χ0n) is 9.24. The Kier molecular flexibility index (Phi) is 4.60. The summed E-state index contributed by atoms with van der Waals surface area (Å²) >= 11 is 0. The maximum Gasteiger partial charge on any atom is 0.0277 e. The molecule has 0 bridgehead atoms. The Labute approximate surface area is 87.0 Å². The summed E-state index contributed by atoms with van der Waals surface area (Å²) in [5.74, 6) is 0.674. The molecule has 0 aromatic carbocycles. The van der Waals surface area contributed by atoms with Crippen molar-refractivity contribution in [2.75, 3.05) is 27.2 Å². The number of allylic oxidation sites excluding steroid dienone is 3. The zero-order valence-corrected chi connectivity index (χ0v) is 9.24. The zero-order chi connectivity index (χ0) is 10.4. The van der Waals surface area contributed by atoms with Crippen LogP contribution in [0, 0.1) is 5.92 Å². The van der Waals surface area contributed by atoms with Crippen molar-refractivity contribution in [2.45, 2.75) is 12.8 Å². The fraction of sp³-hybridized carbons (Fsp3) is 0.583. The lowest BCUT2D eigenvalue weighted by molar-refractivity contribution is 0.241. The molecule has 1 saturated heterocycles. The molecule has 0 atom stereocenters. The number of rotatable bonds is 3. The lowest BCUT2D eigenvalue weighted by atomic mass is 9.89. The van der Waals surface area contributed by atoms with Gasteiger partial charge in [-0.1, -0.05) is 18.7 Å². The number of nitrogens with zero attached hydrogens (tertiary/aromatic N) is 2. The molecule has 0 unspecified atom stereocenters. The summed E-state index contributed by atoms with van der Waals surface area (Å²) in [5.41, 5.74) is 1.33. The number of likely N-dealkylation sites (tertiary alicyclic amines) is 1. The monoisotopic (exact) mass is 192 g/mol. The third-order valence-corrected chi connectivity index (χ3v) is 2.78. The fourth-order valence-corrected chi connectivity index (χ4v) is 1.91. The minimum atomic E-state index is 0.674. The van der Waals surface area contributed by atoms with Crippen molar-refractivity contribution in [2.24, 2.45) is 10.9 Å². The second-order valence-electron chi connectivity index (χ2n) is 3.87. The van der Waals surface area contributed by atoms with E-state index < -0.39 is 0 Å². The average Bonchev–Trinajstić information content (AvgIpc) is 2.19. The van der Waals surface area contributed by atoms with Gasteiger partial charge in [-0.3, -0.25) is 4.99 Å². The smallest absolute Gasteiger partial charge is 0.0277 e. The Morgan fingerprint density at radius 1 is 1.43 bits per heavy atom. The second-order valence-corrected chi connectivity index (χ2v) is 3.87. The Morgan fingerprint density at radius 3 is 2.57 bits per heavy atom. The van der Waals surface area contributed by atoms with Gasteiger partial charge in [0.15, 0.2) is 0 Å². The predicted octanol–water partition coefficient (Wildman–Crippen LogP) is 2.14. The van der Waals surface area contributed by atoms with Gasteiger partial charge >= 0.3 is 0 Å².